The second-order valence-corrected chi connectivity index (χ2v) is 7.28. The van der Waals surface area contributed by atoms with E-state index in [1.165, 1.54) is 12.0 Å². The van der Waals surface area contributed by atoms with Crippen LogP contribution < -0.4 is 14.4 Å². The van der Waals surface area contributed by atoms with Crippen LogP contribution in [0.5, 0.6) is 5.75 Å². The average Bonchev–Trinajstić information content (AvgIpc) is 2.53. The number of amides is 2. The van der Waals surface area contributed by atoms with Crippen LogP contribution in [0.4, 0.5) is 5.69 Å². The average molecular weight is 355 g/mol. The molecule has 0 saturated carbocycles. The number of benzene rings is 1. The van der Waals surface area contributed by atoms with Gasteiger partial charge in [0.2, 0.25) is 21.8 Å². The number of nitrogens with one attached hydrogen (secondary N) is 1. The minimum atomic E-state index is -3.32. The highest BCUT2D eigenvalue weighted by Gasteiger charge is 2.29. The molecule has 24 heavy (non-hydrogen) atoms. The van der Waals surface area contributed by atoms with E-state index in [1.54, 1.807) is 17.0 Å². The number of piperazine rings is 1. The summed E-state index contributed by atoms with van der Waals surface area (Å²) in [6.45, 7) is 0.750. The summed E-state index contributed by atoms with van der Waals surface area (Å²) in [5.74, 6) is 0.150. The van der Waals surface area contributed by atoms with Crippen LogP contribution in [0.15, 0.2) is 24.3 Å². The Morgan fingerprint density at radius 2 is 2.00 bits per heavy atom. The van der Waals surface area contributed by atoms with Crippen LogP contribution in [-0.2, 0) is 19.6 Å². The SMILES string of the molecule is COc1ccccc1N1CCN(C(=O)CCNS(C)(=O)=O)CC1=O. The molecule has 2 amide bonds. The van der Waals surface area contributed by atoms with Gasteiger partial charge in [-0.2, -0.15) is 0 Å². The molecule has 1 saturated heterocycles. The predicted molar refractivity (Wildman–Crippen MR) is 89.4 cm³/mol. The summed E-state index contributed by atoms with van der Waals surface area (Å²) in [7, 11) is -1.78. The minimum absolute atomic E-state index is 0.0228. The summed E-state index contributed by atoms with van der Waals surface area (Å²) in [4.78, 5) is 27.5. The number of hydrogen-bond acceptors (Lipinski definition) is 5. The van der Waals surface area contributed by atoms with Gasteiger partial charge < -0.3 is 14.5 Å². The maximum Gasteiger partial charge on any atom is 0.246 e. The molecule has 0 aromatic heterocycles. The molecule has 1 fully saturated rings. The maximum absolute atomic E-state index is 12.4. The van der Waals surface area contributed by atoms with Crippen molar-refractivity contribution in [3.63, 3.8) is 0 Å². The van der Waals surface area contributed by atoms with Gasteiger partial charge in [-0.1, -0.05) is 12.1 Å². The van der Waals surface area contributed by atoms with E-state index < -0.39 is 10.0 Å². The highest BCUT2D eigenvalue weighted by atomic mass is 32.2. The smallest absolute Gasteiger partial charge is 0.246 e. The lowest BCUT2D eigenvalue weighted by molar-refractivity contribution is -0.136. The number of anilines is 1. The molecule has 2 rings (SSSR count). The van der Waals surface area contributed by atoms with Gasteiger partial charge in [-0.3, -0.25) is 9.59 Å². The Morgan fingerprint density at radius 1 is 1.29 bits per heavy atom. The van der Waals surface area contributed by atoms with Gasteiger partial charge in [0.1, 0.15) is 12.3 Å². The quantitative estimate of drug-likeness (QED) is 0.763. The van der Waals surface area contributed by atoms with Gasteiger partial charge in [-0.15, -0.1) is 0 Å². The van der Waals surface area contributed by atoms with E-state index in [9.17, 15) is 18.0 Å². The van der Waals surface area contributed by atoms with Crippen molar-refractivity contribution in [3.05, 3.63) is 24.3 Å². The molecule has 8 nitrogen and oxygen atoms in total. The van der Waals surface area contributed by atoms with Crippen LogP contribution in [0.2, 0.25) is 0 Å². The monoisotopic (exact) mass is 355 g/mol. The largest absolute Gasteiger partial charge is 0.495 e. The molecule has 1 aliphatic heterocycles. The zero-order valence-corrected chi connectivity index (χ0v) is 14.5. The molecular weight excluding hydrogens is 334 g/mol. The van der Waals surface area contributed by atoms with E-state index in [0.29, 0.717) is 24.5 Å². The Bertz CT molecular complexity index is 720. The molecule has 0 radical (unpaired) electrons. The van der Waals surface area contributed by atoms with E-state index in [-0.39, 0.29) is 31.3 Å². The summed E-state index contributed by atoms with van der Waals surface area (Å²) in [6.07, 6.45) is 1.06. The third kappa shape index (κ3) is 4.68. The molecule has 0 bridgehead atoms. The van der Waals surface area contributed by atoms with Gasteiger partial charge in [0.15, 0.2) is 0 Å². The second-order valence-electron chi connectivity index (χ2n) is 5.45. The highest BCUT2D eigenvalue weighted by molar-refractivity contribution is 7.88. The van der Waals surface area contributed by atoms with Crippen molar-refractivity contribution < 1.29 is 22.7 Å². The number of carbonyl (C=O) groups excluding carboxylic acids is 2. The molecular formula is C15H21N3O5S. The molecule has 1 aromatic carbocycles. The molecule has 1 N–H and O–H groups in total. The van der Waals surface area contributed by atoms with E-state index in [0.717, 1.165) is 6.26 Å². The number of carbonyl (C=O) groups is 2. The van der Waals surface area contributed by atoms with E-state index in [1.807, 2.05) is 12.1 Å². The lowest BCUT2D eigenvalue weighted by Crippen LogP contribution is -2.52. The van der Waals surface area contributed by atoms with Crippen LogP contribution in [0, 0.1) is 0 Å². The first kappa shape index (κ1) is 18.2. The van der Waals surface area contributed by atoms with Crippen molar-refractivity contribution in [1.29, 1.82) is 0 Å². The lowest BCUT2D eigenvalue weighted by Gasteiger charge is -2.35. The van der Waals surface area contributed by atoms with Gasteiger partial charge in [0.05, 0.1) is 19.1 Å². The van der Waals surface area contributed by atoms with Crippen molar-refractivity contribution in [2.24, 2.45) is 0 Å². The Hall–Kier alpha value is -2.13. The van der Waals surface area contributed by atoms with Gasteiger partial charge >= 0.3 is 0 Å². The molecule has 0 aliphatic carbocycles. The van der Waals surface area contributed by atoms with Gasteiger partial charge in [0.25, 0.3) is 0 Å². The van der Waals surface area contributed by atoms with Crippen molar-refractivity contribution >= 4 is 27.5 Å². The number of hydrogen-bond donors (Lipinski definition) is 1. The zero-order valence-electron chi connectivity index (χ0n) is 13.7. The Kier molecular flexibility index (Phi) is 5.79. The third-order valence-electron chi connectivity index (χ3n) is 3.65. The van der Waals surface area contributed by atoms with E-state index in [2.05, 4.69) is 4.72 Å². The summed E-state index contributed by atoms with van der Waals surface area (Å²) in [5.41, 5.74) is 0.677. The first-order valence-electron chi connectivity index (χ1n) is 7.47. The first-order valence-corrected chi connectivity index (χ1v) is 9.37. The molecule has 1 aromatic rings. The van der Waals surface area contributed by atoms with Crippen LogP contribution in [-0.4, -0.2) is 64.7 Å². The van der Waals surface area contributed by atoms with Gasteiger partial charge in [-0.05, 0) is 12.1 Å². The Labute approximate surface area is 141 Å². The van der Waals surface area contributed by atoms with Crippen molar-refractivity contribution in [2.45, 2.75) is 6.42 Å². The van der Waals surface area contributed by atoms with Crippen molar-refractivity contribution in [3.8, 4) is 5.75 Å². The van der Waals surface area contributed by atoms with Gasteiger partial charge in [-0.25, -0.2) is 13.1 Å². The normalized spacial score (nSPS) is 15.5. The molecule has 132 valence electrons. The maximum atomic E-state index is 12.4. The number of sulfonamides is 1. The fourth-order valence-electron chi connectivity index (χ4n) is 2.50. The summed E-state index contributed by atoms with van der Waals surface area (Å²) < 4.78 is 29.5. The number of rotatable bonds is 6. The predicted octanol–water partition coefficient (Wildman–Crippen LogP) is -0.190. The van der Waals surface area contributed by atoms with E-state index in [4.69, 9.17) is 4.74 Å². The Balaban J connectivity index is 1.95. The van der Waals surface area contributed by atoms with Crippen LogP contribution in [0.3, 0.4) is 0 Å². The Morgan fingerprint density at radius 3 is 2.62 bits per heavy atom. The molecule has 0 atom stereocenters. The zero-order chi connectivity index (χ0) is 17.7. The van der Waals surface area contributed by atoms with Crippen molar-refractivity contribution in [1.82, 2.24) is 9.62 Å². The third-order valence-corrected chi connectivity index (χ3v) is 4.38. The van der Waals surface area contributed by atoms with Crippen LogP contribution >= 0.6 is 0 Å². The first-order chi connectivity index (χ1) is 11.3. The fraction of sp³-hybridized carbons (Fsp3) is 0.467. The van der Waals surface area contributed by atoms with E-state index >= 15 is 0 Å². The molecule has 0 spiro atoms. The van der Waals surface area contributed by atoms with Crippen LogP contribution in [0.1, 0.15) is 6.42 Å². The molecule has 1 aliphatic rings. The van der Waals surface area contributed by atoms with Crippen LogP contribution in [0.25, 0.3) is 0 Å². The second kappa shape index (κ2) is 7.63. The number of nitrogens with zero attached hydrogens (tertiary/aromatic N) is 2. The summed E-state index contributed by atoms with van der Waals surface area (Å²) in [5, 5.41) is 0. The topological polar surface area (TPSA) is 96.0 Å². The van der Waals surface area contributed by atoms with Crippen molar-refractivity contribution in [2.75, 3.05) is 44.4 Å². The van der Waals surface area contributed by atoms with Gasteiger partial charge in [0, 0.05) is 26.1 Å². The summed E-state index contributed by atoms with van der Waals surface area (Å²) in [6, 6.07) is 7.21. The molecule has 9 heteroatoms. The fourth-order valence-corrected chi connectivity index (χ4v) is 2.97. The minimum Gasteiger partial charge on any atom is -0.495 e. The standard InChI is InChI=1S/C15H21N3O5S/c1-23-13-6-4-3-5-12(13)18-10-9-17(11-15(18)20)14(19)7-8-16-24(2,21)22/h3-6,16H,7-11H2,1-2H3. The summed E-state index contributed by atoms with van der Waals surface area (Å²) >= 11 is 0. The molecule has 0 unspecified atom stereocenters. The highest BCUT2D eigenvalue weighted by Crippen LogP contribution is 2.28. The molecule has 1 heterocycles. The number of methoxy groups -OCH3 is 1. The number of ether oxygens (including phenoxy) is 1. The number of para-hydroxylation sites is 2. The lowest BCUT2D eigenvalue weighted by atomic mass is 10.2.